The van der Waals surface area contributed by atoms with Crippen LogP contribution in [0.4, 0.5) is 4.39 Å². The maximum absolute atomic E-state index is 13.8. The number of thiophene rings is 1. The van der Waals surface area contributed by atoms with Crippen LogP contribution in [0.1, 0.15) is 30.0 Å². The quantitative estimate of drug-likeness (QED) is 0.784. The Balaban J connectivity index is 2.49. The number of hydrogen-bond donors (Lipinski definition) is 0. The van der Waals surface area contributed by atoms with Gasteiger partial charge in [0.05, 0.1) is 4.88 Å². The number of hydrogen-bond acceptors (Lipinski definition) is 3. The van der Waals surface area contributed by atoms with E-state index in [2.05, 4.69) is 5.16 Å². The second-order valence-electron chi connectivity index (χ2n) is 4.37. The molecule has 0 saturated heterocycles. The van der Waals surface area contributed by atoms with Crippen molar-refractivity contribution in [3.05, 3.63) is 28.3 Å². The van der Waals surface area contributed by atoms with Crippen molar-refractivity contribution in [2.24, 2.45) is 0 Å². The van der Waals surface area contributed by atoms with Gasteiger partial charge in [0.25, 0.3) is 0 Å². The van der Waals surface area contributed by atoms with Gasteiger partial charge in [0, 0.05) is 10.4 Å². The summed E-state index contributed by atoms with van der Waals surface area (Å²) in [6.07, 6.45) is 0. The van der Waals surface area contributed by atoms with Crippen LogP contribution in [0.3, 0.4) is 0 Å². The Labute approximate surface area is 98.1 Å². The summed E-state index contributed by atoms with van der Waals surface area (Å²) in [6.45, 7) is 6.83. The highest BCUT2D eigenvalue weighted by Gasteiger charge is 2.29. The average molecular weight is 239 g/mol. The predicted octanol–water partition coefficient (Wildman–Crippen LogP) is 4.22. The molecule has 0 unspecified atom stereocenters. The topological polar surface area (TPSA) is 26.0 Å². The fraction of sp³-hybridized carbons (Fsp3) is 0.417. The first-order valence-electron chi connectivity index (χ1n) is 5.12. The number of halogens is 1. The normalized spacial score (nSPS) is 12.1. The van der Waals surface area contributed by atoms with Gasteiger partial charge in [-0.05, 0) is 39.8 Å². The molecule has 86 valence electrons. The van der Waals surface area contributed by atoms with Crippen molar-refractivity contribution in [3.8, 4) is 10.6 Å². The van der Waals surface area contributed by atoms with Crippen molar-refractivity contribution in [1.82, 2.24) is 5.16 Å². The smallest absolute Gasteiger partial charge is 0.176 e. The van der Waals surface area contributed by atoms with Crippen LogP contribution < -0.4 is 0 Å². The Morgan fingerprint density at radius 2 is 2.00 bits per heavy atom. The molecule has 0 aromatic carbocycles. The molecule has 0 saturated carbocycles. The van der Waals surface area contributed by atoms with Crippen LogP contribution in [0, 0.1) is 13.8 Å². The van der Waals surface area contributed by atoms with E-state index in [0.29, 0.717) is 5.76 Å². The van der Waals surface area contributed by atoms with Gasteiger partial charge < -0.3 is 4.52 Å². The van der Waals surface area contributed by atoms with Crippen LogP contribution in [0.15, 0.2) is 16.7 Å². The Morgan fingerprint density at radius 1 is 1.31 bits per heavy atom. The van der Waals surface area contributed by atoms with E-state index >= 15 is 0 Å². The van der Waals surface area contributed by atoms with E-state index < -0.39 is 5.67 Å². The monoisotopic (exact) mass is 239 g/mol. The van der Waals surface area contributed by atoms with Crippen molar-refractivity contribution >= 4 is 11.3 Å². The summed E-state index contributed by atoms with van der Waals surface area (Å²) in [7, 11) is 0. The third kappa shape index (κ3) is 1.89. The lowest BCUT2D eigenvalue weighted by molar-refractivity contribution is 0.162. The lowest BCUT2D eigenvalue weighted by atomic mass is 10.0. The summed E-state index contributed by atoms with van der Waals surface area (Å²) in [5, 5.41) is 3.96. The van der Waals surface area contributed by atoms with E-state index in [-0.39, 0.29) is 0 Å². The van der Waals surface area contributed by atoms with Crippen LogP contribution in [-0.4, -0.2) is 5.16 Å². The molecule has 2 aromatic rings. The largest absolute Gasteiger partial charge is 0.357 e. The molecule has 0 N–H and O–H groups in total. The SMILES string of the molecule is Cc1ccc(-c2noc(C(C)(C)F)c2C)s1. The summed E-state index contributed by atoms with van der Waals surface area (Å²) < 4.78 is 18.9. The fourth-order valence-electron chi connectivity index (χ4n) is 1.68. The van der Waals surface area contributed by atoms with Crippen LogP contribution in [0.2, 0.25) is 0 Å². The molecule has 0 aliphatic rings. The maximum atomic E-state index is 13.8. The zero-order valence-electron chi connectivity index (χ0n) is 9.80. The van der Waals surface area contributed by atoms with Gasteiger partial charge in [-0.25, -0.2) is 4.39 Å². The van der Waals surface area contributed by atoms with Crippen molar-refractivity contribution < 1.29 is 8.91 Å². The number of nitrogens with zero attached hydrogens (tertiary/aromatic N) is 1. The third-order valence-electron chi connectivity index (χ3n) is 2.44. The molecule has 2 nitrogen and oxygen atoms in total. The molecule has 2 aromatic heterocycles. The maximum Gasteiger partial charge on any atom is 0.176 e. The predicted molar refractivity (Wildman–Crippen MR) is 63.4 cm³/mol. The fourth-order valence-corrected chi connectivity index (χ4v) is 2.59. The minimum absolute atomic E-state index is 0.313. The van der Waals surface area contributed by atoms with Gasteiger partial charge in [0.1, 0.15) is 5.69 Å². The minimum Gasteiger partial charge on any atom is -0.357 e. The van der Waals surface area contributed by atoms with Crippen LogP contribution in [0.5, 0.6) is 0 Å². The molecule has 16 heavy (non-hydrogen) atoms. The number of aromatic nitrogens is 1. The van der Waals surface area contributed by atoms with Gasteiger partial charge in [0.2, 0.25) is 0 Å². The molecule has 2 rings (SSSR count). The summed E-state index contributed by atoms with van der Waals surface area (Å²) >= 11 is 1.63. The zero-order chi connectivity index (χ0) is 11.9. The zero-order valence-corrected chi connectivity index (χ0v) is 10.6. The Kier molecular flexibility index (Phi) is 2.62. The van der Waals surface area contributed by atoms with Gasteiger partial charge in [-0.15, -0.1) is 11.3 Å². The highest BCUT2D eigenvalue weighted by Crippen LogP contribution is 2.35. The van der Waals surface area contributed by atoms with Crippen molar-refractivity contribution in [2.45, 2.75) is 33.4 Å². The molecule has 0 bridgehead atoms. The lowest BCUT2D eigenvalue weighted by Gasteiger charge is -2.09. The molecule has 4 heteroatoms. The van der Waals surface area contributed by atoms with E-state index in [9.17, 15) is 4.39 Å². The van der Waals surface area contributed by atoms with Crippen LogP contribution in [0.25, 0.3) is 10.6 Å². The Bertz CT molecular complexity index is 507. The van der Waals surface area contributed by atoms with Gasteiger partial charge in [-0.3, -0.25) is 0 Å². The van der Waals surface area contributed by atoms with Crippen molar-refractivity contribution in [1.29, 1.82) is 0 Å². The molecular formula is C12H14FNOS. The second kappa shape index (κ2) is 3.70. The lowest BCUT2D eigenvalue weighted by Crippen LogP contribution is -2.09. The van der Waals surface area contributed by atoms with Gasteiger partial charge in [-0.1, -0.05) is 5.16 Å². The first-order valence-corrected chi connectivity index (χ1v) is 5.93. The summed E-state index contributed by atoms with van der Waals surface area (Å²) in [4.78, 5) is 2.23. The first-order chi connectivity index (χ1) is 7.39. The Hall–Kier alpha value is -1.16. The summed E-state index contributed by atoms with van der Waals surface area (Å²) in [6, 6.07) is 4.01. The number of alkyl halides is 1. The van der Waals surface area contributed by atoms with E-state index in [0.717, 1.165) is 16.1 Å². The molecule has 0 radical (unpaired) electrons. The second-order valence-corrected chi connectivity index (χ2v) is 5.66. The molecule has 0 atom stereocenters. The first kappa shape index (κ1) is 11.3. The van der Waals surface area contributed by atoms with E-state index in [1.807, 2.05) is 26.0 Å². The standard InChI is InChI=1S/C12H14FNOS/c1-7-5-6-9(16-7)10-8(2)11(15-14-10)12(3,4)13/h5-6H,1-4H3. The highest BCUT2D eigenvalue weighted by molar-refractivity contribution is 7.15. The third-order valence-corrected chi connectivity index (χ3v) is 3.45. The van der Waals surface area contributed by atoms with E-state index in [4.69, 9.17) is 4.52 Å². The van der Waals surface area contributed by atoms with Crippen molar-refractivity contribution in [2.75, 3.05) is 0 Å². The highest BCUT2D eigenvalue weighted by atomic mass is 32.1. The van der Waals surface area contributed by atoms with Gasteiger partial charge >= 0.3 is 0 Å². The summed E-state index contributed by atoms with van der Waals surface area (Å²) in [5.41, 5.74) is 0.0509. The minimum atomic E-state index is -1.48. The molecule has 2 heterocycles. The van der Waals surface area contributed by atoms with E-state index in [1.54, 1.807) is 11.3 Å². The summed E-state index contributed by atoms with van der Waals surface area (Å²) in [5.74, 6) is 0.313. The van der Waals surface area contributed by atoms with Crippen molar-refractivity contribution in [3.63, 3.8) is 0 Å². The molecule has 0 amide bonds. The Morgan fingerprint density at radius 3 is 2.44 bits per heavy atom. The van der Waals surface area contributed by atoms with Gasteiger partial charge in [-0.2, -0.15) is 0 Å². The molecule has 0 aliphatic carbocycles. The number of rotatable bonds is 2. The van der Waals surface area contributed by atoms with Crippen LogP contribution >= 0.6 is 11.3 Å². The number of aryl methyl sites for hydroxylation is 1. The molecule has 0 fully saturated rings. The average Bonchev–Trinajstić information content (AvgIpc) is 2.70. The van der Waals surface area contributed by atoms with Crippen LogP contribution in [-0.2, 0) is 5.67 Å². The molecule has 0 aliphatic heterocycles. The molecule has 0 spiro atoms. The van der Waals surface area contributed by atoms with E-state index in [1.165, 1.54) is 18.7 Å². The molecular weight excluding hydrogens is 225 g/mol. The van der Waals surface area contributed by atoms with Gasteiger partial charge in [0.15, 0.2) is 11.4 Å².